The average molecular weight is 350 g/mol. The normalized spacial score (nSPS) is 10.2. The SMILES string of the molecule is COc1cc(OC)c(C(=O)NCc2cn(CC(=O)O)nn2)cc1OC. The predicted octanol–water partition coefficient (Wildman–Crippen LogP) is 0.319. The maximum atomic E-state index is 12.4. The lowest BCUT2D eigenvalue weighted by atomic mass is 10.1. The Bertz CT molecular complexity index is 773. The fourth-order valence-corrected chi connectivity index (χ4v) is 2.11. The number of carboxylic acid groups (broad SMARTS) is 1. The van der Waals surface area contributed by atoms with Crippen LogP contribution in [0.15, 0.2) is 18.3 Å². The molecule has 0 bridgehead atoms. The molecule has 0 aliphatic heterocycles. The number of carbonyl (C=O) groups is 2. The van der Waals surface area contributed by atoms with E-state index in [1.165, 1.54) is 38.3 Å². The minimum Gasteiger partial charge on any atom is -0.496 e. The van der Waals surface area contributed by atoms with Crippen molar-refractivity contribution >= 4 is 11.9 Å². The highest BCUT2D eigenvalue weighted by atomic mass is 16.5. The molecule has 0 spiro atoms. The number of hydrogen-bond donors (Lipinski definition) is 2. The van der Waals surface area contributed by atoms with Crippen LogP contribution < -0.4 is 19.5 Å². The van der Waals surface area contributed by atoms with Gasteiger partial charge in [0.2, 0.25) is 0 Å². The van der Waals surface area contributed by atoms with Crippen LogP contribution in [0.3, 0.4) is 0 Å². The zero-order valence-corrected chi connectivity index (χ0v) is 14.0. The standard InChI is InChI=1S/C15H18N4O6/c1-23-11-5-13(25-3)12(24-2)4-10(11)15(22)16-6-9-7-19(18-17-9)8-14(20)21/h4-5,7H,6,8H2,1-3H3,(H,16,22)(H,20,21). The number of rotatable bonds is 8. The first-order valence-corrected chi connectivity index (χ1v) is 7.17. The summed E-state index contributed by atoms with van der Waals surface area (Å²) in [7, 11) is 4.39. The number of amides is 1. The molecule has 1 aromatic heterocycles. The summed E-state index contributed by atoms with van der Waals surface area (Å²) >= 11 is 0. The van der Waals surface area contributed by atoms with Crippen LogP contribution in [0.25, 0.3) is 0 Å². The van der Waals surface area contributed by atoms with Crippen molar-refractivity contribution < 1.29 is 28.9 Å². The summed E-state index contributed by atoms with van der Waals surface area (Å²) in [5, 5.41) is 18.8. The molecule has 2 rings (SSSR count). The number of carboxylic acids is 1. The molecule has 1 aromatic carbocycles. The second-order valence-corrected chi connectivity index (χ2v) is 4.89. The van der Waals surface area contributed by atoms with E-state index in [2.05, 4.69) is 15.6 Å². The molecule has 10 heteroatoms. The highest BCUT2D eigenvalue weighted by Crippen LogP contribution is 2.34. The van der Waals surface area contributed by atoms with Crippen molar-refractivity contribution in [3.63, 3.8) is 0 Å². The minimum atomic E-state index is -1.03. The van der Waals surface area contributed by atoms with E-state index in [4.69, 9.17) is 19.3 Å². The van der Waals surface area contributed by atoms with Crippen molar-refractivity contribution in [1.29, 1.82) is 0 Å². The Kier molecular flexibility index (Phi) is 5.77. The minimum absolute atomic E-state index is 0.0793. The molecular weight excluding hydrogens is 332 g/mol. The Hall–Kier alpha value is -3.30. The molecule has 0 unspecified atom stereocenters. The second-order valence-electron chi connectivity index (χ2n) is 4.89. The molecule has 0 saturated heterocycles. The van der Waals surface area contributed by atoms with Gasteiger partial charge in [-0.15, -0.1) is 5.10 Å². The number of ether oxygens (including phenoxy) is 3. The van der Waals surface area contributed by atoms with Gasteiger partial charge >= 0.3 is 5.97 Å². The lowest BCUT2D eigenvalue weighted by molar-refractivity contribution is -0.137. The van der Waals surface area contributed by atoms with Gasteiger partial charge in [-0.3, -0.25) is 9.59 Å². The number of hydrogen-bond acceptors (Lipinski definition) is 7. The van der Waals surface area contributed by atoms with E-state index < -0.39 is 11.9 Å². The molecule has 25 heavy (non-hydrogen) atoms. The molecule has 134 valence electrons. The quantitative estimate of drug-likeness (QED) is 0.697. The van der Waals surface area contributed by atoms with Gasteiger partial charge in [0.1, 0.15) is 18.0 Å². The number of aliphatic carboxylic acids is 1. The third-order valence-electron chi connectivity index (χ3n) is 3.26. The van der Waals surface area contributed by atoms with Gasteiger partial charge in [0.25, 0.3) is 5.91 Å². The molecular formula is C15H18N4O6. The van der Waals surface area contributed by atoms with Crippen LogP contribution in [0.5, 0.6) is 17.2 Å². The van der Waals surface area contributed by atoms with Crippen molar-refractivity contribution in [3.05, 3.63) is 29.6 Å². The Balaban J connectivity index is 2.12. The summed E-state index contributed by atoms with van der Waals surface area (Å²) in [5.41, 5.74) is 0.687. The van der Waals surface area contributed by atoms with Gasteiger partial charge in [-0.2, -0.15) is 0 Å². The van der Waals surface area contributed by atoms with E-state index in [1.807, 2.05) is 0 Å². The molecule has 0 aliphatic carbocycles. The van der Waals surface area contributed by atoms with Crippen LogP contribution in [-0.2, 0) is 17.9 Å². The molecule has 0 atom stereocenters. The zero-order chi connectivity index (χ0) is 18.4. The maximum absolute atomic E-state index is 12.4. The first kappa shape index (κ1) is 18.0. The maximum Gasteiger partial charge on any atom is 0.325 e. The molecule has 2 N–H and O–H groups in total. The van der Waals surface area contributed by atoms with Crippen LogP contribution in [0.2, 0.25) is 0 Å². The zero-order valence-electron chi connectivity index (χ0n) is 14.0. The molecule has 10 nitrogen and oxygen atoms in total. The van der Waals surface area contributed by atoms with E-state index in [-0.39, 0.29) is 18.7 Å². The highest BCUT2D eigenvalue weighted by molar-refractivity contribution is 5.97. The molecule has 0 fully saturated rings. The van der Waals surface area contributed by atoms with Gasteiger partial charge in [-0.05, 0) is 0 Å². The fourth-order valence-electron chi connectivity index (χ4n) is 2.11. The number of carbonyl (C=O) groups excluding carboxylic acids is 1. The Labute approximate surface area is 143 Å². The monoisotopic (exact) mass is 350 g/mol. The third kappa shape index (κ3) is 4.37. The van der Waals surface area contributed by atoms with Gasteiger partial charge in [-0.25, -0.2) is 4.68 Å². The number of nitrogens with zero attached hydrogens (tertiary/aromatic N) is 3. The van der Waals surface area contributed by atoms with Gasteiger partial charge in [0, 0.05) is 12.1 Å². The number of methoxy groups -OCH3 is 3. The lowest BCUT2D eigenvalue weighted by Gasteiger charge is -2.13. The number of nitrogens with one attached hydrogen (secondary N) is 1. The molecule has 0 saturated carbocycles. The highest BCUT2D eigenvalue weighted by Gasteiger charge is 2.18. The van der Waals surface area contributed by atoms with Crippen molar-refractivity contribution in [1.82, 2.24) is 20.3 Å². The summed E-state index contributed by atoms with van der Waals surface area (Å²) in [6, 6.07) is 3.06. The smallest absolute Gasteiger partial charge is 0.325 e. The van der Waals surface area contributed by atoms with E-state index in [9.17, 15) is 9.59 Å². The van der Waals surface area contributed by atoms with E-state index >= 15 is 0 Å². The molecule has 1 amide bonds. The van der Waals surface area contributed by atoms with Gasteiger partial charge in [0.05, 0.1) is 39.6 Å². The van der Waals surface area contributed by atoms with Crippen molar-refractivity contribution in [2.24, 2.45) is 0 Å². The number of benzene rings is 1. The summed E-state index contributed by atoms with van der Waals surface area (Å²) < 4.78 is 16.7. The fraction of sp³-hybridized carbons (Fsp3) is 0.333. The van der Waals surface area contributed by atoms with Crippen molar-refractivity contribution in [2.75, 3.05) is 21.3 Å². The Morgan fingerprint density at radius 1 is 1.12 bits per heavy atom. The lowest BCUT2D eigenvalue weighted by Crippen LogP contribution is -2.23. The van der Waals surface area contributed by atoms with Crippen LogP contribution in [-0.4, -0.2) is 53.3 Å². The molecule has 0 aliphatic rings. The van der Waals surface area contributed by atoms with E-state index in [0.717, 1.165) is 0 Å². The first-order chi connectivity index (χ1) is 12.0. The van der Waals surface area contributed by atoms with Crippen LogP contribution >= 0.6 is 0 Å². The van der Waals surface area contributed by atoms with Crippen LogP contribution in [0.4, 0.5) is 0 Å². The Morgan fingerprint density at radius 2 is 1.76 bits per heavy atom. The molecule has 0 radical (unpaired) electrons. The second kappa shape index (κ2) is 7.99. The number of aromatic nitrogens is 3. The summed E-state index contributed by atoms with van der Waals surface area (Å²) in [5.74, 6) is -0.292. The van der Waals surface area contributed by atoms with Crippen LogP contribution in [0.1, 0.15) is 16.1 Å². The van der Waals surface area contributed by atoms with Crippen LogP contribution in [0, 0.1) is 0 Å². The molecule has 2 aromatic rings. The van der Waals surface area contributed by atoms with Gasteiger partial charge in [0.15, 0.2) is 11.5 Å². The summed E-state index contributed by atoms with van der Waals surface area (Å²) in [6.45, 7) is -0.222. The first-order valence-electron chi connectivity index (χ1n) is 7.17. The van der Waals surface area contributed by atoms with Crippen molar-refractivity contribution in [3.8, 4) is 17.2 Å². The van der Waals surface area contributed by atoms with Crippen molar-refractivity contribution in [2.45, 2.75) is 13.1 Å². The van der Waals surface area contributed by atoms with E-state index in [1.54, 1.807) is 6.07 Å². The largest absolute Gasteiger partial charge is 0.496 e. The Morgan fingerprint density at radius 3 is 2.36 bits per heavy atom. The van der Waals surface area contributed by atoms with E-state index in [0.29, 0.717) is 22.9 Å². The van der Waals surface area contributed by atoms with Gasteiger partial charge < -0.3 is 24.6 Å². The summed E-state index contributed by atoms with van der Waals surface area (Å²) in [4.78, 5) is 23.0. The molecule has 1 heterocycles. The van der Waals surface area contributed by atoms with Gasteiger partial charge in [-0.1, -0.05) is 5.21 Å². The predicted molar refractivity (Wildman–Crippen MR) is 84.9 cm³/mol. The average Bonchev–Trinajstić information content (AvgIpc) is 3.04. The topological polar surface area (TPSA) is 125 Å². The summed E-state index contributed by atoms with van der Waals surface area (Å²) in [6.07, 6.45) is 1.44. The third-order valence-corrected chi connectivity index (χ3v) is 3.26.